The van der Waals surface area contributed by atoms with E-state index in [1.54, 1.807) is 0 Å². The zero-order chi connectivity index (χ0) is 15.9. The molecule has 1 aliphatic rings. The average Bonchev–Trinajstić information content (AvgIpc) is 2.50. The molecule has 0 fully saturated rings. The van der Waals surface area contributed by atoms with Gasteiger partial charge in [-0.1, -0.05) is 11.6 Å². The quantitative estimate of drug-likeness (QED) is 0.627. The molecule has 0 saturated carbocycles. The fraction of sp³-hybridized carbons (Fsp3) is 0.0714. The minimum Gasteiger partial charge on any atom is -0.472 e. The number of ether oxygens (including phenoxy) is 1. The van der Waals surface area contributed by atoms with Gasteiger partial charge in [0.2, 0.25) is 0 Å². The van der Waals surface area contributed by atoms with Crippen molar-refractivity contribution < 1.29 is 18.8 Å². The molecule has 0 unspecified atom stereocenters. The molecule has 1 amide bonds. The second kappa shape index (κ2) is 5.27. The van der Waals surface area contributed by atoms with Crippen molar-refractivity contribution in [3.8, 4) is 5.75 Å². The number of non-ortho nitro benzene ring substituents is 1. The van der Waals surface area contributed by atoms with Crippen LogP contribution in [0.1, 0.15) is 10.4 Å². The van der Waals surface area contributed by atoms with Crippen molar-refractivity contribution >= 4 is 28.9 Å². The summed E-state index contributed by atoms with van der Waals surface area (Å²) in [6.07, 6.45) is 0. The number of nitro groups is 1. The van der Waals surface area contributed by atoms with Gasteiger partial charge in [-0.2, -0.15) is 0 Å². The topological polar surface area (TPSA) is 72.7 Å². The fourth-order valence-corrected chi connectivity index (χ4v) is 2.26. The van der Waals surface area contributed by atoms with E-state index in [0.29, 0.717) is 5.69 Å². The number of benzene rings is 2. The molecule has 8 heteroatoms. The molecular formula is C14H8ClFN2O4. The molecule has 0 aromatic heterocycles. The van der Waals surface area contributed by atoms with Gasteiger partial charge in [0.25, 0.3) is 11.6 Å². The van der Waals surface area contributed by atoms with Crippen LogP contribution in [0.15, 0.2) is 36.4 Å². The van der Waals surface area contributed by atoms with Crippen molar-refractivity contribution in [2.75, 3.05) is 11.6 Å². The van der Waals surface area contributed by atoms with Crippen LogP contribution < -0.4 is 9.64 Å². The Morgan fingerprint density at radius 1 is 1.27 bits per heavy atom. The summed E-state index contributed by atoms with van der Waals surface area (Å²) < 4.78 is 18.7. The second-order valence-electron chi connectivity index (χ2n) is 4.54. The van der Waals surface area contributed by atoms with E-state index in [1.807, 2.05) is 0 Å². The predicted octanol–water partition coefficient (Wildman–Crippen LogP) is 3.38. The van der Waals surface area contributed by atoms with Gasteiger partial charge in [-0.05, 0) is 18.2 Å². The Hall–Kier alpha value is -2.67. The number of halogens is 2. The summed E-state index contributed by atoms with van der Waals surface area (Å²) in [4.78, 5) is 23.8. The van der Waals surface area contributed by atoms with Crippen LogP contribution >= 0.6 is 11.6 Å². The summed E-state index contributed by atoms with van der Waals surface area (Å²) in [7, 11) is 0. The molecule has 0 bridgehead atoms. The molecule has 0 N–H and O–H groups in total. The summed E-state index contributed by atoms with van der Waals surface area (Å²) in [6, 6.07) is 7.71. The Labute approximate surface area is 128 Å². The number of rotatable bonds is 2. The molecule has 2 aromatic carbocycles. The summed E-state index contributed by atoms with van der Waals surface area (Å²) in [5, 5.41) is 10.5. The first-order valence-electron chi connectivity index (χ1n) is 6.15. The van der Waals surface area contributed by atoms with Crippen LogP contribution in [-0.4, -0.2) is 17.6 Å². The molecule has 22 heavy (non-hydrogen) atoms. The van der Waals surface area contributed by atoms with E-state index < -0.39 is 16.6 Å². The lowest BCUT2D eigenvalue weighted by Gasteiger charge is -2.28. The van der Waals surface area contributed by atoms with Crippen LogP contribution in [0, 0.1) is 15.9 Å². The highest BCUT2D eigenvalue weighted by Crippen LogP contribution is 2.32. The number of hydrogen-bond acceptors (Lipinski definition) is 4. The number of carbonyl (C=O) groups is 1. The Bertz CT molecular complexity index is 779. The lowest BCUT2D eigenvalue weighted by atomic mass is 10.1. The minimum atomic E-state index is -0.669. The van der Waals surface area contributed by atoms with Crippen molar-refractivity contribution in [2.24, 2.45) is 0 Å². The van der Waals surface area contributed by atoms with Crippen LogP contribution in [0.4, 0.5) is 15.8 Å². The lowest BCUT2D eigenvalue weighted by molar-refractivity contribution is -0.384. The number of nitro benzene ring substituents is 1. The number of amides is 1. The van der Waals surface area contributed by atoms with E-state index in [2.05, 4.69) is 0 Å². The van der Waals surface area contributed by atoms with Crippen LogP contribution in [0.2, 0.25) is 5.02 Å². The third kappa shape index (κ3) is 2.35. The van der Waals surface area contributed by atoms with Gasteiger partial charge >= 0.3 is 0 Å². The average molecular weight is 323 g/mol. The molecule has 0 spiro atoms. The zero-order valence-electron chi connectivity index (χ0n) is 11.0. The molecule has 1 aliphatic heterocycles. The molecule has 2 aromatic rings. The Morgan fingerprint density at radius 2 is 1.95 bits per heavy atom. The number of anilines is 1. The maximum Gasteiger partial charge on any atom is 0.269 e. The van der Waals surface area contributed by atoms with Crippen LogP contribution in [0.5, 0.6) is 5.75 Å². The Kier molecular flexibility index (Phi) is 3.42. The monoisotopic (exact) mass is 322 g/mol. The van der Waals surface area contributed by atoms with E-state index in [9.17, 15) is 19.3 Å². The molecule has 112 valence electrons. The third-order valence-electron chi connectivity index (χ3n) is 3.22. The standard InChI is InChI=1S/C14H8ClFN2O4/c15-11-5-10-13(6-12(11)16)22-7-17(14(10)19)8-1-3-9(4-2-8)18(20)21/h1-6H,7H2. The molecule has 1 heterocycles. The van der Waals surface area contributed by atoms with Gasteiger partial charge in [0.15, 0.2) is 6.73 Å². The molecule has 0 aliphatic carbocycles. The van der Waals surface area contributed by atoms with Gasteiger partial charge in [0.1, 0.15) is 11.6 Å². The van der Waals surface area contributed by atoms with Crippen molar-refractivity contribution in [2.45, 2.75) is 0 Å². The van der Waals surface area contributed by atoms with E-state index >= 15 is 0 Å². The van der Waals surface area contributed by atoms with Crippen LogP contribution in [0.25, 0.3) is 0 Å². The largest absolute Gasteiger partial charge is 0.472 e. The first-order valence-corrected chi connectivity index (χ1v) is 6.53. The molecular weight excluding hydrogens is 315 g/mol. The summed E-state index contributed by atoms with van der Waals surface area (Å²) in [5.41, 5.74) is 0.484. The van der Waals surface area contributed by atoms with Crippen molar-refractivity contribution in [3.63, 3.8) is 0 Å². The predicted molar refractivity (Wildman–Crippen MR) is 76.8 cm³/mol. The second-order valence-corrected chi connectivity index (χ2v) is 4.95. The Morgan fingerprint density at radius 3 is 2.59 bits per heavy atom. The van der Waals surface area contributed by atoms with Gasteiger partial charge in [0, 0.05) is 23.9 Å². The van der Waals surface area contributed by atoms with E-state index in [4.69, 9.17) is 16.3 Å². The molecule has 0 radical (unpaired) electrons. The zero-order valence-corrected chi connectivity index (χ0v) is 11.7. The number of carbonyl (C=O) groups excluding carboxylic acids is 1. The summed E-state index contributed by atoms with van der Waals surface area (Å²) in [6.45, 7) is -0.120. The lowest BCUT2D eigenvalue weighted by Crippen LogP contribution is -2.38. The number of hydrogen-bond donors (Lipinski definition) is 0. The summed E-state index contributed by atoms with van der Waals surface area (Å²) >= 11 is 5.68. The molecule has 0 saturated heterocycles. The van der Waals surface area contributed by atoms with Gasteiger partial charge < -0.3 is 4.74 Å². The smallest absolute Gasteiger partial charge is 0.269 e. The maximum absolute atomic E-state index is 13.4. The highest BCUT2D eigenvalue weighted by atomic mass is 35.5. The fourth-order valence-electron chi connectivity index (χ4n) is 2.10. The SMILES string of the molecule is O=C1c2cc(Cl)c(F)cc2OCN1c1ccc([N+](=O)[O-])cc1. The number of nitrogens with zero attached hydrogens (tertiary/aromatic N) is 2. The Balaban J connectivity index is 1.95. The van der Waals surface area contributed by atoms with Gasteiger partial charge in [-0.15, -0.1) is 0 Å². The molecule has 3 rings (SSSR count). The first-order chi connectivity index (χ1) is 10.5. The molecule has 0 atom stereocenters. The normalized spacial score (nSPS) is 13.5. The van der Waals surface area contributed by atoms with Crippen molar-refractivity contribution in [1.29, 1.82) is 0 Å². The van der Waals surface area contributed by atoms with Gasteiger partial charge in [0.05, 0.1) is 15.5 Å². The van der Waals surface area contributed by atoms with E-state index in [1.165, 1.54) is 35.2 Å². The van der Waals surface area contributed by atoms with Crippen LogP contribution in [-0.2, 0) is 0 Å². The van der Waals surface area contributed by atoms with Crippen molar-refractivity contribution in [3.05, 3.63) is 62.9 Å². The molecule has 6 nitrogen and oxygen atoms in total. The van der Waals surface area contributed by atoms with E-state index in [-0.39, 0.29) is 28.8 Å². The van der Waals surface area contributed by atoms with Gasteiger partial charge in [-0.3, -0.25) is 19.8 Å². The summed E-state index contributed by atoms with van der Waals surface area (Å²) in [5.74, 6) is -0.973. The first kappa shape index (κ1) is 14.3. The third-order valence-corrected chi connectivity index (χ3v) is 3.51. The number of fused-ring (bicyclic) bond motifs is 1. The van der Waals surface area contributed by atoms with Crippen LogP contribution in [0.3, 0.4) is 0 Å². The van der Waals surface area contributed by atoms with E-state index in [0.717, 1.165) is 6.07 Å². The van der Waals surface area contributed by atoms with Gasteiger partial charge in [-0.25, -0.2) is 4.39 Å². The van der Waals surface area contributed by atoms with Crippen molar-refractivity contribution in [1.82, 2.24) is 0 Å². The minimum absolute atomic E-state index is 0.0837. The highest BCUT2D eigenvalue weighted by molar-refractivity contribution is 6.31. The maximum atomic E-state index is 13.4. The highest BCUT2D eigenvalue weighted by Gasteiger charge is 2.28.